The second kappa shape index (κ2) is 4.05. The Balaban J connectivity index is 2.30. The van der Waals surface area contributed by atoms with Crippen molar-refractivity contribution in [3.63, 3.8) is 0 Å². The van der Waals surface area contributed by atoms with Gasteiger partial charge in [0.25, 0.3) is 10.1 Å². The van der Waals surface area contributed by atoms with Crippen LogP contribution in [0.3, 0.4) is 0 Å². The van der Waals surface area contributed by atoms with Crippen LogP contribution in [0.4, 0.5) is 4.39 Å². The van der Waals surface area contributed by atoms with Gasteiger partial charge in [0.1, 0.15) is 12.3 Å². The highest BCUT2D eigenvalue weighted by molar-refractivity contribution is 7.85. The van der Waals surface area contributed by atoms with Gasteiger partial charge in [0, 0.05) is 12.8 Å². The Morgan fingerprint density at radius 1 is 1.60 bits per heavy atom. The van der Waals surface area contributed by atoms with Gasteiger partial charge in [-0.25, -0.2) is 4.39 Å². The van der Waals surface area contributed by atoms with Gasteiger partial charge < -0.3 is 4.74 Å². The fraction of sp³-hybridized carbons (Fsp3) is 0.875. The van der Waals surface area contributed by atoms with E-state index in [1.165, 1.54) is 6.92 Å². The van der Waals surface area contributed by atoms with Crippen LogP contribution in [0.5, 0.6) is 0 Å². The quantitative estimate of drug-likeness (QED) is 0.509. The van der Waals surface area contributed by atoms with Crippen molar-refractivity contribution in [3.8, 4) is 0 Å². The molecule has 0 heterocycles. The van der Waals surface area contributed by atoms with E-state index in [1.807, 2.05) is 0 Å². The summed E-state index contributed by atoms with van der Waals surface area (Å²) >= 11 is 0. The minimum atomic E-state index is -3.62. The van der Waals surface area contributed by atoms with E-state index in [2.05, 4.69) is 8.92 Å². The van der Waals surface area contributed by atoms with Gasteiger partial charge >= 0.3 is 5.97 Å². The lowest BCUT2D eigenvalue weighted by molar-refractivity contribution is -0.141. The van der Waals surface area contributed by atoms with Crippen molar-refractivity contribution < 1.29 is 26.5 Å². The Labute approximate surface area is 87.7 Å². The predicted octanol–water partition coefficient (Wildman–Crippen LogP) is 0.254. The summed E-state index contributed by atoms with van der Waals surface area (Å²) < 4.78 is 43.7. The topological polar surface area (TPSA) is 69.7 Å². The number of hydrogen-bond donors (Lipinski definition) is 0. The van der Waals surface area contributed by atoms with Crippen LogP contribution in [-0.2, 0) is 23.8 Å². The maximum absolute atomic E-state index is 13.6. The molecule has 88 valence electrons. The maximum atomic E-state index is 13.6. The highest BCUT2D eigenvalue weighted by Gasteiger charge is 2.56. The molecular weight excluding hydrogens is 227 g/mol. The molecule has 5 nitrogen and oxygen atoms in total. The van der Waals surface area contributed by atoms with Crippen LogP contribution in [-0.4, -0.2) is 39.5 Å². The van der Waals surface area contributed by atoms with Crippen molar-refractivity contribution in [2.45, 2.75) is 19.0 Å². The first kappa shape index (κ1) is 12.4. The van der Waals surface area contributed by atoms with Gasteiger partial charge in [-0.1, -0.05) is 0 Å². The zero-order valence-corrected chi connectivity index (χ0v) is 9.34. The third-order valence-electron chi connectivity index (χ3n) is 2.16. The number of hydrogen-bond acceptors (Lipinski definition) is 5. The molecule has 0 aromatic heterocycles. The normalized spacial score (nSPS) is 29.9. The van der Waals surface area contributed by atoms with Crippen LogP contribution < -0.4 is 0 Å². The molecule has 0 aromatic rings. The number of carbonyl (C=O) groups excluding carboxylic acids is 1. The summed E-state index contributed by atoms with van der Waals surface area (Å²) in [5.74, 6) is -0.934. The molecule has 0 unspecified atom stereocenters. The smallest absolute Gasteiger partial charge is 0.302 e. The summed E-state index contributed by atoms with van der Waals surface area (Å²) in [5.41, 5.74) is -1.67. The maximum Gasteiger partial charge on any atom is 0.302 e. The Kier molecular flexibility index (Phi) is 3.34. The summed E-state index contributed by atoms with van der Waals surface area (Å²) in [4.78, 5) is 10.4. The Hall–Kier alpha value is -0.690. The molecule has 1 rings (SSSR count). The van der Waals surface area contributed by atoms with Gasteiger partial charge in [0.15, 0.2) is 0 Å². The van der Waals surface area contributed by atoms with Gasteiger partial charge in [0.2, 0.25) is 0 Å². The molecule has 0 saturated heterocycles. The van der Waals surface area contributed by atoms with E-state index in [-0.39, 0.29) is 13.0 Å². The van der Waals surface area contributed by atoms with Crippen molar-refractivity contribution in [2.24, 2.45) is 5.92 Å². The molecular formula is C8H13FO5S. The molecule has 0 bridgehead atoms. The molecule has 0 aromatic carbocycles. The van der Waals surface area contributed by atoms with Crippen molar-refractivity contribution in [1.82, 2.24) is 0 Å². The SMILES string of the molecule is CC(=O)OC[C@H]1C[C@@]1(F)COS(C)(=O)=O. The van der Waals surface area contributed by atoms with Crippen LogP contribution in [0, 0.1) is 5.92 Å². The zero-order valence-electron chi connectivity index (χ0n) is 8.53. The summed E-state index contributed by atoms with van der Waals surface area (Å²) in [6, 6.07) is 0. The molecule has 0 radical (unpaired) electrons. The van der Waals surface area contributed by atoms with E-state index in [9.17, 15) is 17.6 Å². The zero-order chi connectivity index (χ0) is 11.7. The fourth-order valence-corrected chi connectivity index (χ4v) is 1.57. The lowest BCUT2D eigenvalue weighted by Crippen LogP contribution is -2.19. The van der Waals surface area contributed by atoms with Crippen molar-refractivity contribution in [3.05, 3.63) is 0 Å². The molecule has 0 amide bonds. The molecule has 1 saturated carbocycles. The number of ether oxygens (including phenoxy) is 1. The second-order valence-corrected chi connectivity index (χ2v) is 5.35. The van der Waals surface area contributed by atoms with Gasteiger partial charge in [-0.05, 0) is 6.42 Å². The molecule has 1 aliphatic rings. The molecule has 1 aliphatic carbocycles. The average Bonchev–Trinajstić information content (AvgIpc) is 2.70. The lowest BCUT2D eigenvalue weighted by atomic mass is 10.3. The van der Waals surface area contributed by atoms with E-state index in [1.54, 1.807) is 0 Å². The molecule has 1 fully saturated rings. The molecule has 2 atom stereocenters. The largest absolute Gasteiger partial charge is 0.465 e. The molecule has 0 N–H and O–H groups in total. The van der Waals surface area contributed by atoms with Crippen LogP contribution in [0.25, 0.3) is 0 Å². The van der Waals surface area contributed by atoms with Crippen molar-refractivity contribution in [2.75, 3.05) is 19.5 Å². The van der Waals surface area contributed by atoms with E-state index >= 15 is 0 Å². The number of carbonyl (C=O) groups is 1. The minimum Gasteiger partial charge on any atom is -0.465 e. The van der Waals surface area contributed by atoms with E-state index in [0.29, 0.717) is 0 Å². The number of rotatable bonds is 5. The minimum absolute atomic E-state index is 0.0288. The fourth-order valence-electron chi connectivity index (χ4n) is 1.16. The summed E-state index contributed by atoms with van der Waals surface area (Å²) in [6.45, 7) is 0.700. The van der Waals surface area contributed by atoms with Crippen LogP contribution in [0.15, 0.2) is 0 Å². The van der Waals surface area contributed by atoms with Crippen LogP contribution in [0.2, 0.25) is 0 Å². The Bertz CT molecular complexity index is 352. The van der Waals surface area contributed by atoms with Crippen molar-refractivity contribution in [1.29, 1.82) is 0 Å². The third-order valence-corrected chi connectivity index (χ3v) is 2.70. The standard InChI is InChI=1S/C8H13FO5S/c1-6(10)13-4-7-3-8(7,9)5-14-15(2,11)12/h7H,3-5H2,1-2H3/t7-,8-/m1/s1. The van der Waals surface area contributed by atoms with E-state index in [4.69, 9.17) is 0 Å². The summed E-state index contributed by atoms with van der Waals surface area (Å²) in [5, 5.41) is 0. The molecule has 7 heteroatoms. The van der Waals surface area contributed by atoms with Gasteiger partial charge in [-0.2, -0.15) is 8.42 Å². The summed E-state index contributed by atoms with van der Waals surface area (Å²) in [6.07, 6.45) is 1.02. The van der Waals surface area contributed by atoms with Gasteiger partial charge in [-0.3, -0.25) is 8.98 Å². The Morgan fingerprint density at radius 3 is 2.67 bits per heavy atom. The molecule has 15 heavy (non-hydrogen) atoms. The van der Waals surface area contributed by atoms with Crippen molar-refractivity contribution >= 4 is 16.1 Å². The van der Waals surface area contributed by atoms with E-state index in [0.717, 1.165) is 6.26 Å². The van der Waals surface area contributed by atoms with Crippen LogP contribution in [0.1, 0.15) is 13.3 Å². The molecule has 0 spiro atoms. The number of esters is 1. The molecule has 0 aliphatic heterocycles. The van der Waals surface area contributed by atoms with Gasteiger partial charge in [0.05, 0.1) is 12.9 Å². The predicted molar refractivity (Wildman–Crippen MR) is 49.4 cm³/mol. The van der Waals surface area contributed by atoms with E-state index < -0.39 is 34.3 Å². The highest BCUT2D eigenvalue weighted by Crippen LogP contribution is 2.47. The first-order chi connectivity index (χ1) is 6.73. The third kappa shape index (κ3) is 4.13. The summed E-state index contributed by atoms with van der Waals surface area (Å²) in [7, 11) is -3.62. The Morgan fingerprint density at radius 2 is 2.20 bits per heavy atom. The van der Waals surface area contributed by atoms with Gasteiger partial charge in [-0.15, -0.1) is 0 Å². The first-order valence-corrected chi connectivity index (χ1v) is 6.21. The highest BCUT2D eigenvalue weighted by atomic mass is 32.2. The second-order valence-electron chi connectivity index (χ2n) is 3.70. The monoisotopic (exact) mass is 240 g/mol. The number of halogens is 1. The lowest BCUT2D eigenvalue weighted by Gasteiger charge is -2.07. The average molecular weight is 240 g/mol. The number of alkyl halides is 1. The first-order valence-electron chi connectivity index (χ1n) is 4.40. The van der Waals surface area contributed by atoms with Crippen LogP contribution >= 0.6 is 0 Å².